The molecule has 1 fully saturated rings. The molecule has 2 amide bonds. The van der Waals surface area contributed by atoms with Gasteiger partial charge in [-0.2, -0.15) is 0 Å². The van der Waals surface area contributed by atoms with Crippen LogP contribution in [0.5, 0.6) is 0 Å². The minimum Gasteiger partial charge on any atom is -0.324 e. The Morgan fingerprint density at radius 3 is 2.69 bits per heavy atom. The number of anilines is 2. The highest BCUT2D eigenvalue weighted by molar-refractivity contribution is 9.10. The predicted molar refractivity (Wildman–Crippen MR) is 108 cm³/mol. The maximum Gasteiger partial charge on any atom is 0.244 e. The van der Waals surface area contributed by atoms with Gasteiger partial charge in [-0.1, -0.05) is 35.9 Å². The molecule has 1 aliphatic rings. The van der Waals surface area contributed by atoms with E-state index in [2.05, 4.69) is 21.2 Å². The number of rotatable bonds is 5. The van der Waals surface area contributed by atoms with Gasteiger partial charge in [0.05, 0.1) is 29.0 Å². The summed E-state index contributed by atoms with van der Waals surface area (Å²) < 4.78 is 0.817. The Morgan fingerprint density at radius 1 is 1.27 bits per heavy atom. The van der Waals surface area contributed by atoms with E-state index in [4.69, 9.17) is 11.6 Å². The maximum absolute atomic E-state index is 12.8. The molecular weight excluding hydrogens is 418 g/mol. The number of halogens is 2. The molecule has 7 heteroatoms. The van der Waals surface area contributed by atoms with Crippen molar-refractivity contribution in [2.24, 2.45) is 0 Å². The molecule has 3 rings (SSSR count). The second-order valence-electron chi connectivity index (χ2n) is 6.19. The van der Waals surface area contributed by atoms with E-state index in [1.807, 2.05) is 42.5 Å². The molecule has 1 atom stereocenters. The molecule has 5 nitrogen and oxygen atoms in total. The third-order valence-corrected chi connectivity index (χ3v) is 5.40. The van der Waals surface area contributed by atoms with Crippen LogP contribution in [0.4, 0.5) is 11.4 Å². The number of hydrogen-bond donors (Lipinski definition) is 1. The van der Waals surface area contributed by atoms with E-state index in [9.17, 15) is 9.59 Å². The molecule has 1 saturated heterocycles. The number of hydrogen-bond acceptors (Lipinski definition) is 3. The van der Waals surface area contributed by atoms with Crippen LogP contribution in [0.25, 0.3) is 0 Å². The Morgan fingerprint density at radius 2 is 1.96 bits per heavy atom. The van der Waals surface area contributed by atoms with E-state index < -0.39 is 0 Å². The smallest absolute Gasteiger partial charge is 0.244 e. The zero-order chi connectivity index (χ0) is 18.7. The molecule has 1 heterocycles. The van der Waals surface area contributed by atoms with Crippen LogP contribution in [0.2, 0.25) is 5.02 Å². The van der Waals surface area contributed by atoms with Crippen molar-refractivity contribution in [1.29, 1.82) is 0 Å². The number of benzene rings is 2. The van der Waals surface area contributed by atoms with Crippen molar-refractivity contribution in [3.8, 4) is 0 Å². The molecule has 1 aliphatic heterocycles. The van der Waals surface area contributed by atoms with Crippen LogP contribution in [-0.2, 0) is 9.59 Å². The topological polar surface area (TPSA) is 52.7 Å². The first-order chi connectivity index (χ1) is 12.5. The number of carbonyl (C=O) groups is 2. The summed E-state index contributed by atoms with van der Waals surface area (Å²) in [4.78, 5) is 28.6. The molecule has 0 spiro atoms. The van der Waals surface area contributed by atoms with Crippen LogP contribution < -0.4 is 10.2 Å². The van der Waals surface area contributed by atoms with Gasteiger partial charge in [-0.15, -0.1) is 0 Å². The summed E-state index contributed by atoms with van der Waals surface area (Å²) in [6, 6.07) is 14.4. The lowest BCUT2D eigenvalue weighted by Gasteiger charge is -2.23. The van der Waals surface area contributed by atoms with Gasteiger partial charge in [-0.3, -0.25) is 14.5 Å². The molecule has 2 aromatic carbocycles. The molecular formula is C19H19BrClN3O2. The first kappa shape index (κ1) is 18.9. The SMILES string of the molecule is CN(CC(=O)Nc1ccccc1Br)C1CCN(c2ccccc2Cl)C1=O. The van der Waals surface area contributed by atoms with E-state index in [1.54, 1.807) is 22.9 Å². The molecule has 1 unspecified atom stereocenters. The van der Waals surface area contributed by atoms with E-state index in [0.29, 0.717) is 29.4 Å². The monoisotopic (exact) mass is 435 g/mol. The summed E-state index contributed by atoms with van der Waals surface area (Å²) >= 11 is 9.62. The Kier molecular flexibility index (Phi) is 5.96. The van der Waals surface area contributed by atoms with Gasteiger partial charge in [0.1, 0.15) is 0 Å². The maximum atomic E-state index is 12.8. The van der Waals surface area contributed by atoms with Gasteiger partial charge in [-0.25, -0.2) is 0 Å². The van der Waals surface area contributed by atoms with Crippen molar-refractivity contribution in [1.82, 2.24) is 4.90 Å². The molecule has 0 saturated carbocycles. The quantitative estimate of drug-likeness (QED) is 0.776. The summed E-state index contributed by atoms with van der Waals surface area (Å²) in [6.07, 6.45) is 0.656. The van der Waals surface area contributed by atoms with Crippen molar-refractivity contribution in [3.05, 3.63) is 58.0 Å². The molecule has 0 aromatic heterocycles. The molecule has 0 radical (unpaired) electrons. The van der Waals surface area contributed by atoms with Crippen molar-refractivity contribution in [2.45, 2.75) is 12.5 Å². The number of nitrogens with zero attached hydrogens (tertiary/aromatic N) is 2. The fourth-order valence-corrected chi connectivity index (χ4v) is 3.69. The normalized spacial score (nSPS) is 17.0. The number of carbonyl (C=O) groups excluding carboxylic acids is 2. The molecule has 26 heavy (non-hydrogen) atoms. The van der Waals surface area contributed by atoms with Crippen molar-refractivity contribution in [2.75, 3.05) is 30.4 Å². The highest BCUT2D eigenvalue weighted by Gasteiger charge is 2.36. The van der Waals surface area contributed by atoms with Crippen LogP contribution in [0.1, 0.15) is 6.42 Å². The average Bonchev–Trinajstić information content (AvgIpc) is 2.99. The summed E-state index contributed by atoms with van der Waals surface area (Å²) in [6.45, 7) is 0.720. The van der Waals surface area contributed by atoms with Crippen LogP contribution >= 0.6 is 27.5 Å². The average molecular weight is 437 g/mol. The standard InChI is InChI=1S/C19H19BrClN3O2/c1-23(12-18(25)22-15-8-4-2-6-13(15)20)17-10-11-24(19(17)26)16-9-5-3-7-14(16)21/h2-9,17H,10-12H2,1H3,(H,22,25). The van der Waals surface area contributed by atoms with Gasteiger partial charge in [0.2, 0.25) is 11.8 Å². The summed E-state index contributed by atoms with van der Waals surface area (Å²) in [7, 11) is 1.79. The van der Waals surface area contributed by atoms with Crippen molar-refractivity contribution in [3.63, 3.8) is 0 Å². The Balaban J connectivity index is 1.63. The van der Waals surface area contributed by atoms with Crippen LogP contribution in [-0.4, -0.2) is 42.9 Å². The Hall–Kier alpha value is -1.89. The van der Waals surface area contributed by atoms with Crippen LogP contribution in [0, 0.1) is 0 Å². The molecule has 136 valence electrons. The second kappa shape index (κ2) is 8.20. The first-order valence-corrected chi connectivity index (χ1v) is 9.45. The lowest BCUT2D eigenvalue weighted by molar-refractivity contribution is -0.123. The van der Waals surface area contributed by atoms with Crippen LogP contribution in [0.15, 0.2) is 53.0 Å². The second-order valence-corrected chi connectivity index (χ2v) is 7.45. The fourth-order valence-electron chi connectivity index (χ4n) is 3.07. The van der Waals surface area contributed by atoms with E-state index >= 15 is 0 Å². The van der Waals surface area contributed by atoms with Crippen LogP contribution in [0.3, 0.4) is 0 Å². The number of para-hydroxylation sites is 2. The summed E-state index contributed by atoms with van der Waals surface area (Å²) in [5, 5.41) is 3.41. The zero-order valence-electron chi connectivity index (χ0n) is 14.3. The molecule has 2 aromatic rings. The lowest BCUT2D eigenvalue weighted by Crippen LogP contribution is -2.43. The van der Waals surface area contributed by atoms with Gasteiger partial charge in [0, 0.05) is 11.0 Å². The third-order valence-electron chi connectivity index (χ3n) is 4.39. The van der Waals surface area contributed by atoms with Crippen molar-refractivity contribution < 1.29 is 9.59 Å². The van der Waals surface area contributed by atoms with E-state index in [0.717, 1.165) is 4.47 Å². The third kappa shape index (κ3) is 4.09. The Labute approximate surface area is 166 Å². The van der Waals surface area contributed by atoms with Gasteiger partial charge in [0.25, 0.3) is 0 Å². The molecule has 1 N–H and O–H groups in total. The zero-order valence-corrected chi connectivity index (χ0v) is 16.6. The highest BCUT2D eigenvalue weighted by atomic mass is 79.9. The highest BCUT2D eigenvalue weighted by Crippen LogP contribution is 2.30. The number of nitrogens with one attached hydrogen (secondary N) is 1. The first-order valence-electron chi connectivity index (χ1n) is 8.28. The predicted octanol–water partition coefficient (Wildman–Crippen LogP) is 3.78. The van der Waals surface area contributed by atoms with Gasteiger partial charge < -0.3 is 10.2 Å². The van der Waals surface area contributed by atoms with Crippen molar-refractivity contribution >= 4 is 50.7 Å². The molecule has 0 bridgehead atoms. The number of likely N-dealkylation sites (N-methyl/N-ethyl adjacent to an activating group) is 1. The van der Waals surface area contributed by atoms with E-state index in [-0.39, 0.29) is 24.4 Å². The fraction of sp³-hybridized carbons (Fsp3) is 0.263. The molecule has 0 aliphatic carbocycles. The summed E-state index contributed by atoms with van der Waals surface area (Å²) in [5.41, 5.74) is 1.43. The van der Waals surface area contributed by atoms with Gasteiger partial charge >= 0.3 is 0 Å². The Bertz CT molecular complexity index is 830. The number of amides is 2. The van der Waals surface area contributed by atoms with E-state index in [1.165, 1.54) is 0 Å². The van der Waals surface area contributed by atoms with Gasteiger partial charge in [-0.05, 0) is 53.7 Å². The largest absolute Gasteiger partial charge is 0.324 e. The summed E-state index contributed by atoms with van der Waals surface area (Å²) in [5.74, 6) is -0.197. The van der Waals surface area contributed by atoms with Gasteiger partial charge in [0.15, 0.2) is 0 Å². The lowest BCUT2D eigenvalue weighted by atomic mass is 10.2. The minimum atomic E-state index is -0.337. The minimum absolute atomic E-state index is 0.0331.